The van der Waals surface area contributed by atoms with Crippen LogP contribution in [0.3, 0.4) is 0 Å². The van der Waals surface area contributed by atoms with Crippen molar-refractivity contribution in [1.29, 1.82) is 0 Å². The van der Waals surface area contributed by atoms with Crippen LogP contribution in [0.4, 0.5) is 4.39 Å². The third-order valence-electron chi connectivity index (χ3n) is 4.37. The minimum atomic E-state index is -2.99. The van der Waals surface area contributed by atoms with Gasteiger partial charge in [0.1, 0.15) is 5.82 Å². The van der Waals surface area contributed by atoms with E-state index in [4.69, 9.17) is 0 Å². The number of carbonyl (C=O) groups is 1. The van der Waals surface area contributed by atoms with Gasteiger partial charge >= 0.3 is 0 Å². The van der Waals surface area contributed by atoms with Gasteiger partial charge in [0.25, 0.3) is 0 Å². The first-order valence-electron chi connectivity index (χ1n) is 7.71. The molecule has 6 heteroatoms. The van der Waals surface area contributed by atoms with Gasteiger partial charge in [-0.05, 0) is 43.4 Å². The van der Waals surface area contributed by atoms with E-state index in [1.165, 1.54) is 12.1 Å². The van der Waals surface area contributed by atoms with Gasteiger partial charge in [0.05, 0.1) is 11.5 Å². The lowest BCUT2D eigenvalue weighted by atomic mass is 10.1. The molecule has 22 heavy (non-hydrogen) atoms. The Morgan fingerprint density at radius 3 is 2.36 bits per heavy atom. The minimum absolute atomic E-state index is 0.0222. The van der Waals surface area contributed by atoms with Crippen molar-refractivity contribution in [2.24, 2.45) is 0 Å². The number of halogens is 1. The summed E-state index contributed by atoms with van der Waals surface area (Å²) in [5, 5.41) is 0. The van der Waals surface area contributed by atoms with Gasteiger partial charge in [-0.2, -0.15) is 0 Å². The summed E-state index contributed by atoms with van der Waals surface area (Å²) in [7, 11) is -2.99. The Balaban J connectivity index is 1.62. The second-order valence-corrected chi connectivity index (χ2v) is 8.44. The van der Waals surface area contributed by atoms with E-state index >= 15 is 0 Å². The number of aryl methyl sites for hydroxylation is 1. The van der Waals surface area contributed by atoms with E-state index in [0.29, 0.717) is 19.3 Å². The summed E-state index contributed by atoms with van der Waals surface area (Å²) < 4.78 is 36.2. The Morgan fingerprint density at radius 1 is 1.14 bits per heavy atom. The first-order valence-corrected chi connectivity index (χ1v) is 9.53. The SMILES string of the molecule is O=C(CCc1ccc(F)cc1)N(C1CC1)C1CCS(=O)(=O)C1. The number of hydrogen-bond donors (Lipinski definition) is 0. The maximum atomic E-state index is 12.9. The molecule has 0 spiro atoms. The lowest BCUT2D eigenvalue weighted by Crippen LogP contribution is -2.42. The molecule has 4 nitrogen and oxygen atoms in total. The quantitative estimate of drug-likeness (QED) is 0.831. The summed E-state index contributed by atoms with van der Waals surface area (Å²) in [6, 6.07) is 6.22. The summed E-state index contributed by atoms with van der Waals surface area (Å²) in [5.41, 5.74) is 0.921. The molecule has 1 saturated carbocycles. The van der Waals surface area contributed by atoms with E-state index in [0.717, 1.165) is 18.4 Å². The fourth-order valence-electron chi connectivity index (χ4n) is 3.08. The molecule has 1 aromatic rings. The Bertz CT molecular complexity index is 652. The molecule has 1 amide bonds. The Kier molecular flexibility index (Phi) is 4.21. The maximum Gasteiger partial charge on any atom is 0.223 e. The molecule has 2 fully saturated rings. The van der Waals surface area contributed by atoms with Crippen LogP contribution < -0.4 is 0 Å². The Labute approximate surface area is 130 Å². The molecule has 1 aliphatic heterocycles. The summed E-state index contributed by atoms with van der Waals surface area (Å²) in [5.74, 6) is 0.0255. The zero-order valence-corrected chi connectivity index (χ0v) is 13.2. The molecule has 2 aliphatic rings. The topological polar surface area (TPSA) is 54.5 Å². The van der Waals surface area contributed by atoms with Crippen LogP contribution in [-0.4, -0.2) is 42.8 Å². The normalized spacial score (nSPS) is 23.4. The molecule has 1 aliphatic carbocycles. The van der Waals surface area contributed by atoms with Crippen molar-refractivity contribution in [2.75, 3.05) is 11.5 Å². The van der Waals surface area contributed by atoms with Gasteiger partial charge in [-0.1, -0.05) is 12.1 Å². The van der Waals surface area contributed by atoms with E-state index in [2.05, 4.69) is 0 Å². The molecule has 1 unspecified atom stereocenters. The molecule has 120 valence electrons. The van der Waals surface area contributed by atoms with Crippen LogP contribution in [0.15, 0.2) is 24.3 Å². The van der Waals surface area contributed by atoms with Crippen molar-refractivity contribution in [3.05, 3.63) is 35.6 Å². The number of nitrogens with zero attached hydrogens (tertiary/aromatic N) is 1. The molecular formula is C16H20FNO3S. The van der Waals surface area contributed by atoms with Gasteiger partial charge in [0.2, 0.25) is 5.91 Å². The monoisotopic (exact) mass is 325 g/mol. The summed E-state index contributed by atoms with van der Waals surface area (Å²) >= 11 is 0. The van der Waals surface area contributed by atoms with E-state index in [1.807, 2.05) is 4.90 Å². The highest BCUT2D eigenvalue weighted by atomic mass is 32.2. The van der Waals surface area contributed by atoms with Gasteiger partial charge in [-0.3, -0.25) is 4.79 Å². The van der Waals surface area contributed by atoms with E-state index in [9.17, 15) is 17.6 Å². The van der Waals surface area contributed by atoms with Crippen molar-refractivity contribution in [2.45, 2.75) is 44.2 Å². The van der Waals surface area contributed by atoms with Crippen molar-refractivity contribution >= 4 is 15.7 Å². The second-order valence-electron chi connectivity index (χ2n) is 6.22. The predicted molar refractivity (Wildman–Crippen MR) is 81.6 cm³/mol. The van der Waals surface area contributed by atoms with E-state index in [-0.39, 0.29) is 35.3 Å². The average molecular weight is 325 g/mol. The summed E-state index contributed by atoms with van der Waals surface area (Å²) in [6.07, 6.45) is 3.40. The standard InChI is InChI=1S/C16H20FNO3S/c17-13-4-1-12(2-5-13)3-8-16(19)18(14-6-7-14)15-9-10-22(20,21)11-15/h1-2,4-5,14-15H,3,6-11H2. The Morgan fingerprint density at radius 2 is 1.82 bits per heavy atom. The zero-order chi connectivity index (χ0) is 15.7. The third kappa shape index (κ3) is 3.66. The van der Waals surface area contributed by atoms with Crippen molar-refractivity contribution in [3.63, 3.8) is 0 Å². The van der Waals surface area contributed by atoms with Crippen molar-refractivity contribution in [1.82, 2.24) is 4.90 Å². The van der Waals surface area contributed by atoms with E-state index in [1.54, 1.807) is 12.1 Å². The number of hydrogen-bond acceptors (Lipinski definition) is 3. The van der Waals surface area contributed by atoms with Crippen LogP contribution in [-0.2, 0) is 21.1 Å². The molecule has 1 heterocycles. The van der Waals surface area contributed by atoms with Crippen molar-refractivity contribution in [3.8, 4) is 0 Å². The van der Waals surface area contributed by atoms with Gasteiger partial charge in [-0.25, -0.2) is 12.8 Å². The smallest absolute Gasteiger partial charge is 0.223 e. The van der Waals surface area contributed by atoms with Gasteiger partial charge in [0, 0.05) is 18.5 Å². The number of rotatable bonds is 5. The third-order valence-corrected chi connectivity index (χ3v) is 6.12. The number of amides is 1. The van der Waals surface area contributed by atoms with Gasteiger partial charge in [-0.15, -0.1) is 0 Å². The van der Waals surface area contributed by atoms with Crippen LogP contribution in [0.25, 0.3) is 0 Å². The van der Waals surface area contributed by atoms with Gasteiger partial charge < -0.3 is 4.90 Å². The maximum absolute atomic E-state index is 12.9. The highest BCUT2D eigenvalue weighted by molar-refractivity contribution is 7.91. The molecule has 0 bridgehead atoms. The molecule has 0 aromatic heterocycles. The highest BCUT2D eigenvalue weighted by Gasteiger charge is 2.41. The molecular weight excluding hydrogens is 305 g/mol. The minimum Gasteiger partial charge on any atom is -0.336 e. The zero-order valence-electron chi connectivity index (χ0n) is 12.4. The number of carbonyl (C=O) groups excluding carboxylic acids is 1. The second kappa shape index (κ2) is 5.99. The fourth-order valence-corrected chi connectivity index (χ4v) is 4.80. The molecule has 0 radical (unpaired) electrons. The highest BCUT2D eigenvalue weighted by Crippen LogP contribution is 2.32. The molecule has 1 atom stereocenters. The van der Waals surface area contributed by atoms with Crippen LogP contribution in [0.1, 0.15) is 31.2 Å². The first kappa shape index (κ1) is 15.5. The number of benzene rings is 1. The summed E-state index contributed by atoms with van der Waals surface area (Å²) in [6.45, 7) is 0. The van der Waals surface area contributed by atoms with Crippen molar-refractivity contribution < 1.29 is 17.6 Å². The van der Waals surface area contributed by atoms with Crippen LogP contribution in [0.5, 0.6) is 0 Å². The van der Waals surface area contributed by atoms with Crippen LogP contribution in [0, 0.1) is 5.82 Å². The fraction of sp³-hybridized carbons (Fsp3) is 0.562. The van der Waals surface area contributed by atoms with E-state index < -0.39 is 9.84 Å². The lowest BCUT2D eigenvalue weighted by Gasteiger charge is -2.28. The van der Waals surface area contributed by atoms with Gasteiger partial charge in [0.15, 0.2) is 9.84 Å². The number of sulfone groups is 1. The molecule has 3 rings (SSSR count). The largest absolute Gasteiger partial charge is 0.336 e. The molecule has 1 aromatic carbocycles. The van der Waals surface area contributed by atoms with Crippen LogP contribution in [0.2, 0.25) is 0 Å². The predicted octanol–water partition coefficient (Wildman–Crippen LogP) is 1.94. The first-order chi connectivity index (χ1) is 10.4. The molecule has 0 N–H and O–H groups in total. The molecule has 1 saturated heterocycles. The summed E-state index contributed by atoms with van der Waals surface area (Å²) in [4.78, 5) is 14.3. The Hall–Kier alpha value is -1.43. The average Bonchev–Trinajstić information content (AvgIpc) is 3.23. The van der Waals surface area contributed by atoms with Crippen LogP contribution >= 0.6 is 0 Å². The lowest BCUT2D eigenvalue weighted by molar-refractivity contribution is -0.133.